The first kappa shape index (κ1) is 9.05. The van der Waals surface area contributed by atoms with Crippen LogP contribution >= 0.6 is 0 Å². The van der Waals surface area contributed by atoms with Crippen LogP contribution in [0.5, 0.6) is 0 Å². The Morgan fingerprint density at radius 3 is 2.58 bits per heavy atom. The average molecular weight is 160 g/mol. The molecule has 0 spiro atoms. The maximum atomic E-state index is 2.25. The molecule has 0 heteroatoms. The van der Waals surface area contributed by atoms with E-state index in [0.717, 1.165) is 0 Å². The van der Waals surface area contributed by atoms with Crippen LogP contribution in [0, 0.1) is 0 Å². The quantitative estimate of drug-likeness (QED) is 0.586. The smallest absolute Gasteiger partial charge is 0.0260 e. The molecule has 1 rings (SSSR count). The van der Waals surface area contributed by atoms with Gasteiger partial charge < -0.3 is 0 Å². The fourth-order valence-electron chi connectivity index (χ4n) is 1.11. The molecule has 0 fully saturated rings. The summed E-state index contributed by atoms with van der Waals surface area (Å²) in [6.07, 6.45) is 8.21. The number of hydrogen-bond donors (Lipinski definition) is 0. The van der Waals surface area contributed by atoms with Crippen LogP contribution in [-0.4, -0.2) is 0 Å². The lowest BCUT2D eigenvalue weighted by Gasteiger charge is -1.91. The second-order valence-electron chi connectivity index (χ2n) is 2.96. The molecular formula is C12H16. The Labute approximate surface area is 74.9 Å². The Kier molecular flexibility index (Phi) is 4.22. The van der Waals surface area contributed by atoms with Crippen molar-refractivity contribution in [3.05, 3.63) is 42.0 Å². The van der Waals surface area contributed by atoms with E-state index in [1.54, 1.807) is 0 Å². The summed E-state index contributed by atoms with van der Waals surface area (Å²) in [5, 5.41) is 0. The van der Waals surface area contributed by atoms with E-state index >= 15 is 0 Å². The molecule has 0 N–H and O–H groups in total. The zero-order chi connectivity index (χ0) is 8.65. The van der Waals surface area contributed by atoms with Crippen LogP contribution in [-0.2, 0) is 0 Å². The van der Waals surface area contributed by atoms with Crippen LogP contribution < -0.4 is 0 Å². The van der Waals surface area contributed by atoms with E-state index in [4.69, 9.17) is 0 Å². The first-order valence-corrected chi connectivity index (χ1v) is 4.65. The molecule has 0 unspecified atom stereocenters. The zero-order valence-electron chi connectivity index (χ0n) is 7.66. The van der Waals surface area contributed by atoms with Crippen LogP contribution in [0.1, 0.15) is 31.7 Å². The molecule has 0 radical (unpaired) electrons. The highest BCUT2D eigenvalue weighted by Gasteiger charge is 1.81. The topological polar surface area (TPSA) is 0 Å². The first-order valence-electron chi connectivity index (χ1n) is 4.65. The van der Waals surface area contributed by atoms with E-state index in [-0.39, 0.29) is 0 Å². The Balaban J connectivity index is 2.36. The number of hydrogen-bond acceptors (Lipinski definition) is 0. The number of rotatable bonds is 4. The average Bonchev–Trinajstić information content (AvgIpc) is 2.14. The van der Waals surface area contributed by atoms with Gasteiger partial charge in [-0.25, -0.2) is 0 Å². The minimum Gasteiger partial charge on any atom is -0.0839 e. The van der Waals surface area contributed by atoms with Gasteiger partial charge in [0.2, 0.25) is 0 Å². The largest absolute Gasteiger partial charge is 0.0839 e. The minimum atomic E-state index is 1.20. The van der Waals surface area contributed by atoms with Crippen molar-refractivity contribution in [1.82, 2.24) is 0 Å². The standard InChI is InChI=1S/C12H16/c1-2-3-4-6-9-12-10-7-5-8-11-12/h5-11H,2-4H2,1H3. The van der Waals surface area contributed by atoms with Crippen LogP contribution in [0.25, 0.3) is 6.08 Å². The van der Waals surface area contributed by atoms with Gasteiger partial charge in [-0.1, -0.05) is 62.2 Å². The zero-order valence-corrected chi connectivity index (χ0v) is 7.66. The molecule has 0 saturated carbocycles. The van der Waals surface area contributed by atoms with Gasteiger partial charge in [-0.05, 0) is 12.0 Å². The molecular weight excluding hydrogens is 144 g/mol. The normalized spacial score (nSPS) is 10.8. The first-order chi connectivity index (χ1) is 5.93. The summed E-state index contributed by atoms with van der Waals surface area (Å²) in [4.78, 5) is 0. The number of benzene rings is 1. The molecule has 0 nitrogen and oxygen atoms in total. The Morgan fingerprint density at radius 2 is 1.92 bits per heavy atom. The van der Waals surface area contributed by atoms with Gasteiger partial charge in [-0.15, -0.1) is 0 Å². The predicted octanol–water partition coefficient (Wildman–Crippen LogP) is 3.89. The van der Waals surface area contributed by atoms with Crippen molar-refractivity contribution in [2.75, 3.05) is 0 Å². The summed E-state index contributed by atoms with van der Waals surface area (Å²) < 4.78 is 0. The van der Waals surface area contributed by atoms with Crippen molar-refractivity contribution in [3.8, 4) is 0 Å². The summed E-state index contributed by atoms with van der Waals surface area (Å²) in [5.74, 6) is 0. The molecule has 0 aliphatic heterocycles. The van der Waals surface area contributed by atoms with Crippen molar-refractivity contribution >= 4 is 6.08 Å². The molecule has 0 aromatic heterocycles. The third-order valence-corrected chi connectivity index (χ3v) is 1.83. The molecule has 0 atom stereocenters. The maximum Gasteiger partial charge on any atom is -0.0260 e. The van der Waals surface area contributed by atoms with Crippen LogP contribution in [0.2, 0.25) is 0 Å². The second-order valence-corrected chi connectivity index (χ2v) is 2.96. The van der Waals surface area contributed by atoms with Crippen molar-refractivity contribution in [2.45, 2.75) is 26.2 Å². The van der Waals surface area contributed by atoms with E-state index in [1.165, 1.54) is 24.8 Å². The van der Waals surface area contributed by atoms with E-state index in [1.807, 2.05) is 6.07 Å². The Morgan fingerprint density at radius 1 is 1.17 bits per heavy atom. The Bertz CT molecular complexity index is 221. The van der Waals surface area contributed by atoms with Gasteiger partial charge in [0, 0.05) is 0 Å². The summed E-state index contributed by atoms with van der Waals surface area (Å²) >= 11 is 0. The minimum absolute atomic E-state index is 1.20. The lowest BCUT2D eigenvalue weighted by molar-refractivity contribution is 0.816. The molecule has 0 aliphatic carbocycles. The van der Waals surface area contributed by atoms with Crippen molar-refractivity contribution in [2.24, 2.45) is 0 Å². The predicted molar refractivity (Wildman–Crippen MR) is 55.0 cm³/mol. The van der Waals surface area contributed by atoms with E-state index in [2.05, 4.69) is 43.3 Å². The molecule has 0 heterocycles. The highest BCUT2D eigenvalue weighted by molar-refractivity contribution is 5.48. The Hall–Kier alpha value is -1.04. The van der Waals surface area contributed by atoms with Crippen molar-refractivity contribution < 1.29 is 0 Å². The summed E-state index contributed by atoms with van der Waals surface area (Å²) in [6, 6.07) is 10.4. The van der Waals surface area contributed by atoms with Gasteiger partial charge in [0.25, 0.3) is 0 Å². The summed E-state index contributed by atoms with van der Waals surface area (Å²) in [7, 11) is 0. The number of unbranched alkanes of at least 4 members (excludes halogenated alkanes) is 2. The van der Waals surface area contributed by atoms with E-state index in [9.17, 15) is 0 Å². The highest BCUT2D eigenvalue weighted by Crippen LogP contribution is 2.03. The van der Waals surface area contributed by atoms with Crippen LogP contribution in [0.3, 0.4) is 0 Å². The molecule has 64 valence electrons. The molecule has 0 bridgehead atoms. The fraction of sp³-hybridized carbons (Fsp3) is 0.333. The van der Waals surface area contributed by atoms with Gasteiger partial charge in [0.15, 0.2) is 0 Å². The fourth-order valence-corrected chi connectivity index (χ4v) is 1.11. The summed E-state index contributed by atoms with van der Waals surface area (Å²) in [6.45, 7) is 2.22. The molecule has 0 aliphatic rings. The van der Waals surface area contributed by atoms with Gasteiger partial charge in [0.05, 0.1) is 0 Å². The molecule has 12 heavy (non-hydrogen) atoms. The molecule has 0 saturated heterocycles. The van der Waals surface area contributed by atoms with E-state index < -0.39 is 0 Å². The molecule has 0 amide bonds. The highest BCUT2D eigenvalue weighted by atomic mass is 13.9. The lowest BCUT2D eigenvalue weighted by atomic mass is 10.2. The lowest BCUT2D eigenvalue weighted by Crippen LogP contribution is -1.69. The summed E-state index contributed by atoms with van der Waals surface area (Å²) in [5.41, 5.74) is 1.30. The van der Waals surface area contributed by atoms with Gasteiger partial charge in [-0.2, -0.15) is 0 Å². The second kappa shape index (κ2) is 5.59. The van der Waals surface area contributed by atoms with Gasteiger partial charge >= 0.3 is 0 Å². The third-order valence-electron chi connectivity index (χ3n) is 1.83. The maximum absolute atomic E-state index is 2.25. The number of allylic oxidation sites excluding steroid dienone is 1. The van der Waals surface area contributed by atoms with Crippen LogP contribution in [0.15, 0.2) is 36.4 Å². The van der Waals surface area contributed by atoms with Crippen molar-refractivity contribution in [1.29, 1.82) is 0 Å². The van der Waals surface area contributed by atoms with Crippen molar-refractivity contribution in [3.63, 3.8) is 0 Å². The third kappa shape index (κ3) is 3.38. The monoisotopic (exact) mass is 160 g/mol. The SMILES string of the molecule is CCCCC=Cc1ccccc1. The molecule has 1 aromatic carbocycles. The van der Waals surface area contributed by atoms with Crippen LogP contribution in [0.4, 0.5) is 0 Å². The van der Waals surface area contributed by atoms with Gasteiger partial charge in [0.1, 0.15) is 0 Å². The van der Waals surface area contributed by atoms with Gasteiger partial charge in [-0.3, -0.25) is 0 Å². The van der Waals surface area contributed by atoms with E-state index in [0.29, 0.717) is 0 Å². The molecule has 1 aromatic rings.